The number of carbonyl (C=O) groups is 4. The van der Waals surface area contributed by atoms with E-state index in [0.717, 1.165) is 9.79 Å². The van der Waals surface area contributed by atoms with E-state index >= 15 is 0 Å². The molecule has 0 aromatic heterocycles. The molecule has 0 aliphatic heterocycles. The molecule has 2 rings (SSSR count). The number of ether oxygens (including phenoxy) is 4. The fourth-order valence-electron chi connectivity index (χ4n) is 2.40. The molecule has 8 nitrogen and oxygen atoms in total. The lowest BCUT2D eigenvalue weighted by molar-refractivity contribution is -0.140. The van der Waals surface area contributed by atoms with Gasteiger partial charge in [-0.25, -0.2) is 19.2 Å². The van der Waals surface area contributed by atoms with Gasteiger partial charge in [0.25, 0.3) is 0 Å². The first-order valence-corrected chi connectivity index (χ1v) is 11.4. The van der Waals surface area contributed by atoms with Crippen LogP contribution in [0.3, 0.4) is 0 Å². The molecular weight excluding hydrogens is 472 g/mol. The van der Waals surface area contributed by atoms with Crippen LogP contribution in [0.25, 0.3) is 0 Å². The van der Waals surface area contributed by atoms with E-state index in [0.29, 0.717) is 11.1 Å². The predicted molar refractivity (Wildman–Crippen MR) is 129 cm³/mol. The molecule has 35 heavy (non-hydrogen) atoms. The molecule has 0 spiro atoms. The van der Waals surface area contributed by atoms with Crippen molar-refractivity contribution in [3.63, 3.8) is 0 Å². The minimum atomic E-state index is -0.533. The molecule has 0 aliphatic rings. The average molecular weight is 499 g/mol. The van der Waals surface area contributed by atoms with Crippen molar-refractivity contribution < 1.29 is 38.1 Å². The summed E-state index contributed by atoms with van der Waals surface area (Å²) >= 11 is 1.45. The second-order valence-corrected chi connectivity index (χ2v) is 8.40. The van der Waals surface area contributed by atoms with Crippen LogP contribution in [0.5, 0.6) is 0 Å². The van der Waals surface area contributed by atoms with Crippen molar-refractivity contribution in [1.29, 1.82) is 0 Å². The van der Waals surface area contributed by atoms with Crippen molar-refractivity contribution in [2.45, 2.75) is 23.6 Å². The zero-order valence-corrected chi connectivity index (χ0v) is 20.4. The molecule has 0 atom stereocenters. The van der Waals surface area contributed by atoms with Gasteiger partial charge in [0, 0.05) is 20.9 Å². The lowest BCUT2D eigenvalue weighted by atomic mass is 10.2. The van der Waals surface area contributed by atoms with E-state index < -0.39 is 23.9 Å². The molecule has 0 bridgehead atoms. The summed E-state index contributed by atoms with van der Waals surface area (Å²) in [6.45, 7) is 9.81. The standard InChI is InChI=1S/C26H26O8S/c1-17(2)23(27)31-13-15-33-25(29)19-5-9-21(10-6-19)35-22-11-7-20(8-12-22)26(30)34-16-14-32-24(28)18(3)4/h5-12H,1,3,13-16H2,2,4H3. The number of hydrogen-bond donors (Lipinski definition) is 0. The molecule has 0 saturated heterocycles. The first-order valence-electron chi connectivity index (χ1n) is 10.5. The minimum absolute atomic E-state index is 0.0443. The Kier molecular flexibility index (Phi) is 10.8. The molecule has 0 saturated carbocycles. The monoisotopic (exact) mass is 498 g/mol. The Morgan fingerprint density at radius 2 is 0.914 bits per heavy atom. The highest BCUT2D eigenvalue weighted by atomic mass is 32.2. The summed E-state index contributed by atoms with van der Waals surface area (Å²) in [5.74, 6) is -2.11. The van der Waals surface area contributed by atoms with Crippen LogP contribution in [-0.4, -0.2) is 50.3 Å². The summed E-state index contributed by atoms with van der Waals surface area (Å²) in [6, 6.07) is 13.6. The van der Waals surface area contributed by atoms with E-state index in [-0.39, 0.29) is 37.6 Å². The van der Waals surface area contributed by atoms with Gasteiger partial charge in [0.1, 0.15) is 26.4 Å². The molecule has 2 aromatic carbocycles. The zero-order valence-electron chi connectivity index (χ0n) is 19.5. The van der Waals surface area contributed by atoms with Gasteiger partial charge >= 0.3 is 23.9 Å². The fourth-order valence-corrected chi connectivity index (χ4v) is 3.22. The quantitative estimate of drug-likeness (QED) is 0.182. The van der Waals surface area contributed by atoms with Crippen LogP contribution < -0.4 is 0 Å². The van der Waals surface area contributed by atoms with Crippen molar-refractivity contribution in [3.05, 3.63) is 84.0 Å². The van der Waals surface area contributed by atoms with Gasteiger partial charge in [-0.3, -0.25) is 0 Å². The lowest BCUT2D eigenvalue weighted by Gasteiger charge is -2.08. The van der Waals surface area contributed by atoms with E-state index in [9.17, 15) is 19.2 Å². The third kappa shape index (κ3) is 9.50. The van der Waals surface area contributed by atoms with E-state index in [1.54, 1.807) is 48.5 Å². The largest absolute Gasteiger partial charge is 0.459 e. The third-order valence-corrected chi connectivity index (χ3v) is 5.23. The molecule has 0 heterocycles. The Hall–Kier alpha value is -3.85. The van der Waals surface area contributed by atoms with E-state index in [1.165, 1.54) is 25.6 Å². The van der Waals surface area contributed by atoms with Crippen LogP contribution in [0.15, 0.2) is 82.6 Å². The molecule has 184 valence electrons. The van der Waals surface area contributed by atoms with Gasteiger partial charge in [0.2, 0.25) is 0 Å². The summed E-state index contributed by atoms with van der Waals surface area (Å²) < 4.78 is 19.9. The Morgan fingerprint density at radius 3 is 1.23 bits per heavy atom. The number of rotatable bonds is 12. The Morgan fingerprint density at radius 1 is 0.600 bits per heavy atom. The number of hydrogen-bond acceptors (Lipinski definition) is 9. The SMILES string of the molecule is C=C(C)C(=O)OCCOC(=O)c1ccc(Sc2ccc(C(=O)OCCOC(=O)C(=C)C)cc2)cc1. The maximum Gasteiger partial charge on any atom is 0.338 e. The molecule has 0 aliphatic carbocycles. The highest BCUT2D eigenvalue weighted by Gasteiger charge is 2.11. The second-order valence-electron chi connectivity index (χ2n) is 7.26. The molecule has 0 amide bonds. The Bertz CT molecular complexity index is 1000. The zero-order chi connectivity index (χ0) is 25.8. The minimum Gasteiger partial charge on any atom is -0.459 e. The number of carbonyl (C=O) groups excluding carboxylic acids is 4. The highest BCUT2D eigenvalue weighted by molar-refractivity contribution is 7.99. The first kappa shape index (κ1) is 27.4. The fraction of sp³-hybridized carbons (Fsp3) is 0.231. The van der Waals surface area contributed by atoms with Gasteiger partial charge in [-0.1, -0.05) is 24.9 Å². The Balaban J connectivity index is 1.78. The van der Waals surface area contributed by atoms with Gasteiger partial charge in [-0.05, 0) is 62.4 Å². The topological polar surface area (TPSA) is 105 Å². The van der Waals surface area contributed by atoms with Gasteiger partial charge in [-0.15, -0.1) is 0 Å². The van der Waals surface area contributed by atoms with Crippen molar-refractivity contribution in [2.24, 2.45) is 0 Å². The highest BCUT2D eigenvalue weighted by Crippen LogP contribution is 2.28. The van der Waals surface area contributed by atoms with Gasteiger partial charge in [-0.2, -0.15) is 0 Å². The van der Waals surface area contributed by atoms with Crippen LogP contribution in [0.1, 0.15) is 34.6 Å². The molecule has 0 fully saturated rings. The summed E-state index contributed by atoms with van der Waals surface area (Å²) in [5.41, 5.74) is 1.29. The Labute approximate surface area is 207 Å². The number of esters is 4. The van der Waals surface area contributed by atoms with Gasteiger partial charge < -0.3 is 18.9 Å². The summed E-state index contributed by atoms with van der Waals surface area (Å²) in [4.78, 5) is 48.5. The first-order chi connectivity index (χ1) is 16.7. The van der Waals surface area contributed by atoms with Gasteiger partial charge in [0.05, 0.1) is 11.1 Å². The second kappa shape index (κ2) is 13.8. The van der Waals surface area contributed by atoms with Crippen LogP contribution in [0, 0.1) is 0 Å². The van der Waals surface area contributed by atoms with E-state index in [4.69, 9.17) is 18.9 Å². The maximum atomic E-state index is 12.1. The molecule has 9 heteroatoms. The van der Waals surface area contributed by atoms with E-state index in [1.807, 2.05) is 0 Å². The van der Waals surface area contributed by atoms with Crippen LogP contribution >= 0.6 is 11.8 Å². The van der Waals surface area contributed by atoms with Crippen molar-refractivity contribution in [2.75, 3.05) is 26.4 Å². The molecule has 0 radical (unpaired) electrons. The van der Waals surface area contributed by atoms with Crippen molar-refractivity contribution >= 4 is 35.6 Å². The molecular formula is C26H26O8S. The summed E-state index contributed by atoms with van der Waals surface area (Å²) in [7, 11) is 0. The lowest BCUT2D eigenvalue weighted by Crippen LogP contribution is -2.14. The molecule has 0 N–H and O–H groups in total. The maximum absolute atomic E-state index is 12.1. The predicted octanol–water partition coefficient (Wildman–Crippen LogP) is 4.39. The third-order valence-electron chi connectivity index (χ3n) is 4.21. The smallest absolute Gasteiger partial charge is 0.338 e. The van der Waals surface area contributed by atoms with Crippen LogP contribution in [-0.2, 0) is 28.5 Å². The number of benzene rings is 2. The normalized spacial score (nSPS) is 10.1. The average Bonchev–Trinajstić information content (AvgIpc) is 2.84. The van der Waals surface area contributed by atoms with E-state index in [2.05, 4.69) is 13.2 Å². The van der Waals surface area contributed by atoms with Crippen molar-refractivity contribution in [3.8, 4) is 0 Å². The summed E-state index contributed by atoms with van der Waals surface area (Å²) in [6.07, 6.45) is 0. The van der Waals surface area contributed by atoms with Gasteiger partial charge in [0.15, 0.2) is 0 Å². The van der Waals surface area contributed by atoms with Crippen LogP contribution in [0.2, 0.25) is 0 Å². The summed E-state index contributed by atoms with van der Waals surface area (Å²) in [5, 5.41) is 0. The van der Waals surface area contributed by atoms with Crippen molar-refractivity contribution in [1.82, 2.24) is 0 Å². The van der Waals surface area contributed by atoms with Crippen LogP contribution in [0.4, 0.5) is 0 Å². The molecule has 0 unspecified atom stereocenters. The molecule has 2 aromatic rings.